The first-order valence-electron chi connectivity index (χ1n) is 15.4. The third-order valence-corrected chi connectivity index (χ3v) is 9.00. The largest absolute Gasteiger partial charge is 0.309 e. The molecule has 0 saturated carbocycles. The van der Waals surface area contributed by atoms with Crippen molar-refractivity contribution in [3.63, 3.8) is 0 Å². The fraction of sp³-hybridized carbons (Fsp3) is 0. The van der Waals surface area contributed by atoms with Gasteiger partial charge in [-0.05, 0) is 104 Å². The van der Waals surface area contributed by atoms with Gasteiger partial charge in [0.1, 0.15) is 0 Å². The smallest absolute Gasteiger partial charge is 0.0553 e. The van der Waals surface area contributed by atoms with Crippen LogP contribution in [0.3, 0.4) is 0 Å². The average Bonchev–Trinajstić information content (AvgIpc) is 3.47. The molecule has 210 valence electrons. The van der Waals surface area contributed by atoms with Gasteiger partial charge in [0.2, 0.25) is 0 Å². The number of benzene rings is 7. The summed E-state index contributed by atoms with van der Waals surface area (Å²) in [6, 6.07) is 57.1. The van der Waals surface area contributed by atoms with Crippen molar-refractivity contribution in [3.8, 4) is 50.2 Å². The van der Waals surface area contributed by atoms with Crippen molar-refractivity contribution >= 4 is 32.6 Å². The van der Waals surface area contributed by atoms with E-state index >= 15 is 0 Å². The highest BCUT2D eigenvalue weighted by Gasteiger charge is 2.18. The standard InChI is InChI=1S/C43H28N2/c1-3-9-29(10-4-1)35-24-36(30-11-5-2-6-12-30)26-37(25-35)31-18-20-39(21-19-31)45-40-15-7-13-32-16-17-33-23-38(34-14-8-22-44-28-34)27-41(45)43(33)42(32)40/h1-28H. The summed E-state index contributed by atoms with van der Waals surface area (Å²) in [6.07, 6.45) is 3.77. The molecule has 9 aromatic rings. The summed E-state index contributed by atoms with van der Waals surface area (Å²) in [4.78, 5) is 4.40. The van der Waals surface area contributed by atoms with Gasteiger partial charge < -0.3 is 4.57 Å². The van der Waals surface area contributed by atoms with E-state index in [1.165, 1.54) is 71.5 Å². The Morgan fingerprint density at radius 2 is 0.933 bits per heavy atom. The maximum Gasteiger partial charge on any atom is 0.0553 e. The summed E-state index contributed by atoms with van der Waals surface area (Å²) in [6.45, 7) is 0. The minimum absolute atomic E-state index is 1.12. The molecule has 0 bridgehead atoms. The SMILES string of the molecule is c1ccc(-c2cc(-c3ccccc3)cc(-c3ccc(-n4c5cccc6ccc7cc(-c8cccnc8)cc4c7c65)cc3)c2)cc1. The van der Waals surface area contributed by atoms with E-state index in [0.717, 1.165) is 11.3 Å². The van der Waals surface area contributed by atoms with Crippen molar-refractivity contribution in [2.24, 2.45) is 0 Å². The Labute approximate surface area is 261 Å². The van der Waals surface area contributed by atoms with Crippen LogP contribution in [0.5, 0.6) is 0 Å². The second-order valence-electron chi connectivity index (χ2n) is 11.7. The third kappa shape index (κ3) is 4.30. The molecule has 2 nitrogen and oxygen atoms in total. The molecule has 0 unspecified atom stereocenters. The molecule has 0 aliphatic rings. The van der Waals surface area contributed by atoms with Crippen LogP contribution in [0.15, 0.2) is 170 Å². The van der Waals surface area contributed by atoms with Crippen molar-refractivity contribution < 1.29 is 0 Å². The van der Waals surface area contributed by atoms with Gasteiger partial charge in [0.05, 0.1) is 11.0 Å². The number of aromatic nitrogens is 2. The summed E-state index contributed by atoms with van der Waals surface area (Å²) in [5.41, 5.74) is 13.1. The first-order chi connectivity index (χ1) is 22.3. The number of pyridine rings is 1. The zero-order valence-corrected chi connectivity index (χ0v) is 24.6. The molecule has 0 aliphatic carbocycles. The molecule has 0 saturated heterocycles. The lowest BCUT2D eigenvalue weighted by Crippen LogP contribution is -1.94. The lowest BCUT2D eigenvalue weighted by molar-refractivity contribution is 1.18. The van der Waals surface area contributed by atoms with Crippen LogP contribution >= 0.6 is 0 Å². The first kappa shape index (κ1) is 25.5. The second-order valence-corrected chi connectivity index (χ2v) is 11.7. The maximum atomic E-state index is 4.40. The number of rotatable bonds is 5. The van der Waals surface area contributed by atoms with Gasteiger partial charge in [-0.1, -0.05) is 103 Å². The zero-order valence-electron chi connectivity index (χ0n) is 24.6. The maximum absolute atomic E-state index is 4.40. The van der Waals surface area contributed by atoms with E-state index in [1.807, 2.05) is 18.5 Å². The molecular formula is C43H28N2. The van der Waals surface area contributed by atoms with Crippen LogP contribution in [0.1, 0.15) is 0 Å². The summed E-state index contributed by atoms with van der Waals surface area (Å²) >= 11 is 0. The summed E-state index contributed by atoms with van der Waals surface area (Å²) < 4.78 is 2.42. The minimum Gasteiger partial charge on any atom is -0.309 e. The van der Waals surface area contributed by atoms with E-state index in [9.17, 15) is 0 Å². The minimum atomic E-state index is 1.12. The van der Waals surface area contributed by atoms with Crippen LogP contribution < -0.4 is 0 Å². The van der Waals surface area contributed by atoms with Gasteiger partial charge in [-0.15, -0.1) is 0 Å². The lowest BCUT2D eigenvalue weighted by Gasteiger charge is -2.13. The molecule has 45 heavy (non-hydrogen) atoms. The Morgan fingerprint density at radius 1 is 0.356 bits per heavy atom. The Morgan fingerprint density at radius 3 is 1.58 bits per heavy atom. The Balaban J connectivity index is 1.22. The van der Waals surface area contributed by atoms with E-state index in [-0.39, 0.29) is 0 Å². The summed E-state index contributed by atoms with van der Waals surface area (Å²) in [7, 11) is 0. The highest BCUT2D eigenvalue weighted by atomic mass is 15.0. The molecule has 0 spiro atoms. The molecule has 0 aliphatic heterocycles. The normalized spacial score (nSPS) is 11.6. The van der Waals surface area contributed by atoms with E-state index < -0.39 is 0 Å². The first-order valence-corrected chi connectivity index (χ1v) is 15.4. The number of nitrogens with zero attached hydrogens (tertiary/aromatic N) is 2. The van der Waals surface area contributed by atoms with Crippen LogP contribution in [0.25, 0.3) is 82.8 Å². The monoisotopic (exact) mass is 572 g/mol. The average molecular weight is 573 g/mol. The topological polar surface area (TPSA) is 17.8 Å². The molecule has 0 radical (unpaired) electrons. The predicted octanol–water partition coefficient (Wildman–Crippen LogP) is 11.4. The fourth-order valence-corrected chi connectivity index (χ4v) is 6.86. The lowest BCUT2D eigenvalue weighted by atomic mass is 9.93. The van der Waals surface area contributed by atoms with Gasteiger partial charge >= 0.3 is 0 Å². The molecule has 2 heteroatoms. The third-order valence-electron chi connectivity index (χ3n) is 9.00. The highest BCUT2D eigenvalue weighted by Crippen LogP contribution is 2.41. The molecule has 0 N–H and O–H groups in total. The van der Waals surface area contributed by atoms with Crippen LogP contribution in [0.2, 0.25) is 0 Å². The summed E-state index contributed by atoms with van der Waals surface area (Å²) in [5, 5.41) is 5.13. The van der Waals surface area contributed by atoms with E-state index in [4.69, 9.17) is 0 Å². The fourth-order valence-electron chi connectivity index (χ4n) is 6.86. The van der Waals surface area contributed by atoms with Crippen molar-refractivity contribution in [1.82, 2.24) is 9.55 Å². The molecule has 0 atom stereocenters. The predicted molar refractivity (Wildman–Crippen MR) is 189 cm³/mol. The van der Waals surface area contributed by atoms with Gasteiger partial charge in [-0.2, -0.15) is 0 Å². The van der Waals surface area contributed by atoms with Crippen LogP contribution in [0.4, 0.5) is 0 Å². The van der Waals surface area contributed by atoms with Crippen molar-refractivity contribution in [2.75, 3.05) is 0 Å². The highest BCUT2D eigenvalue weighted by molar-refractivity contribution is 6.25. The van der Waals surface area contributed by atoms with Gasteiger partial charge in [0, 0.05) is 34.4 Å². The molecule has 0 amide bonds. The van der Waals surface area contributed by atoms with Gasteiger partial charge in [-0.25, -0.2) is 0 Å². The molecule has 9 rings (SSSR count). The molecular weight excluding hydrogens is 544 g/mol. The number of hydrogen-bond acceptors (Lipinski definition) is 1. The van der Waals surface area contributed by atoms with Gasteiger partial charge in [-0.3, -0.25) is 4.98 Å². The molecule has 2 aromatic heterocycles. The van der Waals surface area contributed by atoms with E-state index in [1.54, 1.807) is 0 Å². The Hall–Kier alpha value is -5.99. The van der Waals surface area contributed by atoms with Crippen LogP contribution in [-0.2, 0) is 0 Å². The Kier molecular flexibility index (Phi) is 5.85. The molecule has 2 heterocycles. The zero-order chi connectivity index (χ0) is 29.7. The van der Waals surface area contributed by atoms with Crippen LogP contribution in [0, 0.1) is 0 Å². The van der Waals surface area contributed by atoms with E-state index in [2.05, 4.69) is 161 Å². The summed E-state index contributed by atoms with van der Waals surface area (Å²) in [5.74, 6) is 0. The second kappa shape index (κ2) is 10.3. The van der Waals surface area contributed by atoms with Crippen LogP contribution in [-0.4, -0.2) is 9.55 Å². The van der Waals surface area contributed by atoms with Gasteiger partial charge in [0.25, 0.3) is 0 Å². The van der Waals surface area contributed by atoms with Crippen molar-refractivity contribution in [2.45, 2.75) is 0 Å². The van der Waals surface area contributed by atoms with E-state index in [0.29, 0.717) is 0 Å². The number of hydrogen-bond donors (Lipinski definition) is 0. The quantitative estimate of drug-likeness (QED) is 0.188. The van der Waals surface area contributed by atoms with Crippen molar-refractivity contribution in [1.29, 1.82) is 0 Å². The van der Waals surface area contributed by atoms with Crippen molar-refractivity contribution in [3.05, 3.63) is 170 Å². The molecule has 0 fully saturated rings. The van der Waals surface area contributed by atoms with Gasteiger partial charge in [0.15, 0.2) is 0 Å². The molecule has 7 aromatic carbocycles. The Bertz CT molecular complexity index is 2380.